The molecule has 5 atom stereocenters. The Balaban J connectivity index is 5.31. The molecule has 0 aliphatic carbocycles. The molecule has 0 fully saturated rings. The minimum Gasteiger partial charge on any atom is -0.480 e. The molecule has 0 aromatic heterocycles. The van der Waals surface area contributed by atoms with Crippen LogP contribution in [0.1, 0.15) is 27.2 Å². The number of aliphatic hydroxyl groups excluding tert-OH is 1. The van der Waals surface area contributed by atoms with Crippen LogP contribution in [0, 0.1) is 5.92 Å². The number of aliphatic carboxylic acids is 1. The summed E-state index contributed by atoms with van der Waals surface area (Å²) < 4.78 is 0. The summed E-state index contributed by atoms with van der Waals surface area (Å²) in [6, 6.07) is -4.60. The molecule has 0 heterocycles. The monoisotopic (exact) mass is 438 g/mol. The molecule has 162 valence electrons. The molecular formula is C16H30N4O6S2. The van der Waals surface area contributed by atoms with E-state index < -0.39 is 54.0 Å². The van der Waals surface area contributed by atoms with E-state index >= 15 is 0 Å². The molecule has 0 bridgehead atoms. The third-order valence-electron chi connectivity index (χ3n) is 3.73. The quantitative estimate of drug-likeness (QED) is 0.165. The van der Waals surface area contributed by atoms with E-state index in [1.807, 2.05) is 13.8 Å². The Bertz CT molecular complexity index is 561. The Hall–Kier alpha value is -1.50. The average Bonchev–Trinajstić information content (AvgIpc) is 2.61. The summed E-state index contributed by atoms with van der Waals surface area (Å²) in [5, 5.41) is 26.0. The Morgan fingerprint density at radius 1 is 0.893 bits per heavy atom. The second kappa shape index (κ2) is 12.9. The lowest BCUT2D eigenvalue weighted by Gasteiger charge is -2.26. The highest BCUT2D eigenvalue weighted by atomic mass is 32.1. The summed E-state index contributed by atoms with van der Waals surface area (Å²) in [5.41, 5.74) is 5.55. The maximum atomic E-state index is 12.6. The molecule has 0 spiro atoms. The minimum atomic E-state index is -1.35. The molecule has 3 amide bonds. The summed E-state index contributed by atoms with van der Waals surface area (Å²) in [6.07, 6.45) is -1.05. The zero-order valence-corrected chi connectivity index (χ0v) is 17.9. The van der Waals surface area contributed by atoms with E-state index in [1.54, 1.807) is 0 Å². The fraction of sp³-hybridized carbons (Fsp3) is 0.750. The number of rotatable bonds is 12. The van der Waals surface area contributed by atoms with Gasteiger partial charge < -0.3 is 31.9 Å². The van der Waals surface area contributed by atoms with E-state index in [2.05, 4.69) is 41.2 Å². The molecule has 0 aromatic carbocycles. The first-order valence-electron chi connectivity index (χ1n) is 8.73. The number of aliphatic hydroxyl groups is 1. The number of hydrogen-bond donors (Lipinski definition) is 8. The number of nitrogens with two attached hydrogens (primary N) is 1. The number of carbonyl (C=O) groups excluding carboxylic acids is 3. The fourth-order valence-corrected chi connectivity index (χ4v) is 2.58. The van der Waals surface area contributed by atoms with Gasteiger partial charge in [0.2, 0.25) is 17.7 Å². The van der Waals surface area contributed by atoms with Crippen molar-refractivity contribution in [2.45, 2.75) is 57.5 Å². The summed E-state index contributed by atoms with van der Waals surface area (Å²) in [7, 11) is 0. The van der Waals surface area contributed by atoms with Crippen molar-refractivity contribution in [2.75, 3.05) is 11.5 Å². The van der Waals surface area contributed by atoms with E-state index in [4.69, 9.17) is 10.8 Å². The first kappa shape index (κ1) is 26.5. The van der Waals surface area contributed by atoms with Gasteiger partial charge in [-0.25, -0.2) is 4.79 Å². The van der Waals surface area contributed by atoms with E-state index in [-0.39, 0.29) is 23.8 Å². The molecule has 0 saturated heterocycles. The molecule has 0 aromatic rings. The highest BCUT2D eigenvalue weighted by Gasteiger charge is 2.32. The van der Waals surface area contributed by atoms with Crippen molar-refractivity contribution < 1.29 is 29.4 Å². The van der Waals surface area contributed by atoms with Crippen LogP contribution in [0.5, 0.6) is 0 Å². The van der Waals surface area contributed by atoms with E-state index in [1.165, 1.54) is 6.92 Å². The molecule has 0 rings (SSSR count). The molecule has 10 nitrogen and oxygen atoms in total. The van der Waals surface area contributed by atoms with Crippen LogP contribution in [-0.2, 0) is 19.2 Å². The van der Waals surface area contributed by atoms with Gasteiger partial charge in [0.05, 0.1) is 12.1 Å². The van der Waals surface area contributed by atoms with Crippen molar-refractivity contribution in [3.63, 3.8) is 0 Å². The van der Waals surface area contributed by atoms with Crippen LogP contribution in [0.4, 0.5) is 0 Å². The number of nitrogens with one attached hydrogen (secondary N) is 3. The summed E-state index contributed by atoms with van der Waals surface area (Å²) in [6.45, 7) is 4.94. The van der Waals surface area contributed by atoms with Crippen molar-refractivity contribution in [3.8, 4) is 0 Å². The van der Waals surface area contributed by atoms with Gasteiger partial charge in [-0.3, -0.25) is 14.4 Å². The molecule has 7 N–H and O–H groups in total. The Kier molecular flexibility index (Phi) is 12.2. The maximum Gasteiger partial charge on any atom is 0.327 e. The molecule has 28 heavy (non-hydrogen) atoms. The number of carbonyl (C=O) groups is 4. The van der Waals surface area contributed by atoms with Crippen molar-refractivity contribution in [2.24, 2.45) is 11.7 Å². The lowest BCUT2D eigenvalue weighted by Crippen LogP contribution is -2.60. The molecule has 0 unspecified atom stereocenters. The maximum absolute atomic E-state index is 12.6. The normalized spacial score (nSPS) is 16.4. The summed E-state index contributed by atoms with van der Waals surface area (Å²) in [4.78, 5) is 48.0. The predicted octanol–water partition coefficient (Wildman–Crippen LogP) is -1.86. The first-order valence-corrected chi connectivity index (χ1v) is 10.00. The van der Waals surface area contributed by atoms with Gasteiger partial charge in [0.15, 0.2) is 0 Å². The van der Waals surface area contributed by atoms with Gasteiger partial charge in [-0.15, -0.1) is 0 Å². The van der Waals surface area contributed by atoms with Crippen LogP contribution in [-0.4, -0.2) is 75.7 Å². The third kappa shape index (κ3) is 9.13. The average molecular weight is 439 g/mol. The van der Waals surface area contributed by atoms with Crippen molar-refractivity contribution >= 4 is 48.9 Å². The second-order valence-electron chi connectivity index (χ2n) is 6.79. The van der Waals surface area contributed by atoms with Crippen LogP contribution in [0.15, 0.2) is 0 Å². The lowest BCUT2D eigenvalue weighted by molar-refractivity contribution is -0.141. The summed E-state index contributed by atoms with van der Waals surface area (Å²) >= 11 is 7.78. The van der Waals surface area contributed by atoms with Gasteiger partial charge in [-0.1, -0.05) is 13.8 Å². The van der Waals surface area contributed by atoms with Gasteiger partial charge in [0, 0.05) is 11.5 Å². The highest BCUT2D eigenvalue weighted by Crippen LogP contribution is 2.07. The number of carboxylic acids is 1. The fourth-order valence-electron chi connectivity index (χ4n) is 2.17. The zero-order valence-electron chi connectivity index (χ0n) is 16.1. The topological polar surface area (TPSA) is 171 Å². The Morgan fingerprint density at radius 3 is 1.82 bits per heavy atom. The zero-order chi connectivity index (χ0) is 22.0. The SMILES string of the molecule is CC(C)C[C@H](NC(=O)[C@@H](NC(=O)[C@@H](N)CS)[C@@H](C)O)C(=O)N[C@@H](CS)C(=O)O. The third-order valence-corrected chi connectivity index (χ3v) is 4.49. The largest absolute Gasteiger partial charge is 0.480 e. The highest BCUT2D eigenvalue weighted by molar-refractivity contribution is 7.80. The Labute approximate surface area is 175 Å². The van der Waals surface area contributed by atoms with E-state index in [9.17, 15) is 24.3 Å². The van der Waals surface area contributed by atoms with E-state index in [0.29, 0.717) is 0 Å². The molecular weight excluding hydrogens is 408 g/mol. The van der Waals surface area contributed by atoms with Gasteiger partial charge in [-0.2, -0.15) is 25.3 Å². The number of thiol groups is 2. The van der Waals surface area contributed by atoms with Crippen LogP contribution in [0.3, 0.4) is 0 Å². The van der Waals surface area contributed by atoms with Crippen molar-refractivity contribution in [1.82, 2.24) is 16.0 Å². The smallest absolute Gasteiger partial charge is 0.327 e. The van der Waals surface area contributed by atoms with Gasteiger partial charge in [0.25, 0.3) is 0 Å². The van der Waals surface area contributed by atoms with E-state index in [0.717, 1.165) is 0 Å². The molecule has 0 aliphatic heterocycles. The van der Waals surface area contributed by atoms with Crippen LogP contribution in [0.2, 0.25) is 0 Å². The van der Waals surface area contributed by atoms with Gasteiger partial charge in [0.1, 0.15) is 18.1 Å². The molecule has 0 saturated carbocycles. The van der Waals surface area contributed by atoms with Gasteiger partial charge >= 0.3 is 5.97 Å². The van der Waals surface area contributed by atoms with Crippen molar-refractivity contribution in [3.05, 3.63) is 0 Å². The predicted molar refractivity (Wildman–Crippen MR) is 110 cm³/mol. The standard InChI is InChI=1S/C16H30N4O6S2/c1-7(2)4-10(14(23)19-11(6-28)16(25)26)18-15(24)12(8(3)21)20-13(22)9(17)5-27/h7-12,21,27-28H,4-6,17H2,1-3H3,(H,18,24)(H,19,23)(H,20,22)(H,25,26)/t8-,9+,10+,11+,12+/m1/s1. The van der Waals surface area contributed by atoms with Crippen LogP contribution < -0.4 is 21.7 Å². The van der Waals surface area contributed by atoms with Crippen LogP contribution >= 0.6 is 25.3 Å². The summed E-state index contributed by atoms with van der Waals surface area (Å²) in [5.74, 6) is -3.53. The number of hydrogen-bond acceptors (Lipinski definition) is 8. The first-order chi connectivity index (χ1) is 12.9. The molecule has 12 heteroatoms. The number of carboxylic acid groups (broad SMARTS) is 1. The Morgan fingerprint density at radius 2 is 1.43 bits per heavy atom. The van der Waals surface area contributed by atoms with Crippen molar-refractivity contribution in [1.29, 1.82) is 0 Å². The number of amides is 3. The molecule has 0 radical (unpaired) electrons. The van der Waals surface area contributed by atoms with Crippen LogP contribution in [0.25, 0.3) is 0 Å². The lowest BCUT2D eigenvalue weighted by atomic mass is 10.0. The second-order valence-corrected chi connectivity index (χ2v) is 7.52. The van der Waals surface area contributed by atoms with Gasteiger partial charge in [-0.05, 0) is 19.3 Å². The molecule has 0 aliphatic rings. The minimum absolute atomic E-state index is 0.00692.